The molecular weight excluding hydrogens is 281 g/mol. The van der Waals surface area contributed by atoms with Crippen LogP contribution in [0.3, 0.4) is 0 Å². The van der Waals surface area contributed by atoms with E-state index < -0.39 is 11.9 Å². The third-order valence-corrected chi connectivity index (χ3v) is 3.02. The van der Waals surface area contributed by atoms with Gasteiger partial charge in [0.25, 0.3) is 0 Å². The molecule has 102 valence electrons. The SMILES string of the molecule is CC(O)c1ccc(C#N)cc1Oc1ccc(Cl)c(F)c1. The van der Waals surface area contributed by atoms with E-state index in [0.29, 0.717) is 16.9 Å². The molecule has 0 spiro atoms. The van der Waals surface area contributed by atoms with Crippen molar-refractivity contribution in [2.45, 2.75) is 13.0 Å². The second-order valence-corrected chi connectivity index (χ2v) is 4.63. The van der Waals surface area contributed by atoms with Crippen molar-refractivity contribution in [2.75, 3.05) is 0 Å². The van der Waals surface area contributed by atoms with Gasteiger partial charge in [0.05, 0.1) is 22.8 Å². The van der Waals surface area contributed by atoms with Gasteiger partial charge in [0.2, 0.25) is 0 Å². The third kappa shape index (κ3) is 3.08. The highest BCUT2D eigenvalue weighted by Crippen LogP contribution is 2.31. The van der Waals surface area contributed by atoms with Crippen LogP contribution in [-0.2, 0) is 0 Å². The smallest absolute Gasteiger partial charge is 0.145 e. The maximum absolute atomic E-state index is 13.4. The van der Waals surface area contributed by atoms with Gasteiger partial charge in [-0.15, -0.1) is 0 Å². The lowest BCUT2D eigenvalue weighted by molar-refractivity contribution is 0.195. The van der Waals surface area contributed by atoms with Gasteiger partial charge >= 0.3 is 0 Å². The van der Waals surface area contributed by atoms with E-state index in [2.05, 4.69) is 0 Å². The van der Waals surface area contributed by atoms with Crippen molar-refractivity contribution >= 4 is 11.6 Å². The number of aliphatic hydroxyl groups is 1. The van der Waals surface area contributed by atoms with Crippen molar-refractivity contribution in [2.24, 2.45) is 0 Å². The maximum Gasteiger partial charge on any atom is 0.145 e. The van der Waals surface area contributed by atoms with Crippen molar-refractivity contribution < 1.29 is 14.2 Å². The molecule has 0 aromatic heterocycles. The number of hydrogen-bond donors (Lipinski definition) is 1. The topological polar surface area (TPSA) is 53.2 Å². The molecule has 0 saturated carbocycles. The molecule has 1 atom stereocenters. The molecule has 20 heavy (non-hydrogen) atoms. The zero-order valence-electron chi connectivity index (χ0n) is 10.6. The van der Waals surface area contributed by atoms with Gasteiger partial charge in [-0.05, 0) is 31.2 Å². The summed E-state index contributed by atoms with van der Waals surface area (Å²) in [6.45, 7) is 1.58. The Morgan fingerprint density at radius 1 is 1.30 bits per heavy atom. The van der Waals surface area contributed by atoms with Crippen LogP contribution in [-0.4, -0.2) is 5.11 Å². The summed E-state index contributed by atoms with van der Waals surface area (Å²) in [4.78, 5) is 0. The van der Waals surface area contributed by atoms with E-state index in [1.807, 2.05) is 6.07 Å². The minimum atomic E-state index is -0.769. The van der Waals surface area contributed by atoms with E-state index in [9.17, 15) is 9.50 Å². The lowest BCUT2D eigenvalue weighted by Crippen LogP contribution is -1.97. The normalized spacial score (nSPS) is 11.8. The Morgan fingerprint density at radius 3 is 2.65 bits per heavy atom. The molecule has 0 aliphatic rings. The molecule has 3 nitrogen and oxygen atoms in total. The number of halogens is 2. The van der Waals surface area contributed by atoms with E-state index in [1.165, 1.54) is 18.2 Å². The number of nitriles is 1. The second kappa shape index (κ2) is 5.91. The Labute approximate surface area is 120 Å². The first-order valence-corrected chi connectivity index (χ1v) is 6.24. The van der Waals surface area contributed by atoms with Crippen LogP contribution in [0, 0.1) is 17.1 Å². The van der Waals surface area contributed by atoms with E-state index in [0.717, 1.165) is 6.07 Å². The number of nitrogens with zero attached hydrogens (tertiary/aromatic N) is 1. The van der Waals surface area contributed by atoms with Crippen LogP contribution >= 0.6 is 11.6 Å². The average Bonchev–Trinajstić information content (AvgIpc) is 2.42. The quantitative estimate of drug-likeness (QED) is 0.922. The van der Waals surface area contributed by atoms with E-state index in [1.54, 1.807) is 19.1 Å². The molecule has 0 aliphatic carbocycles. The van der Waals surface area contributed by atoms with Gasteiger partial charge in [-0.25, -0.2) is 4.39 Å². The van der Waals surface area contributed by atoms with Gasteiger partial charge in [0, 0.05) is 11.6 Å². The van der Waals surface area contributed by atoms with Crippen LogP contribution in [0.4, 0.5) is 4.39 Å². The lowest BCUT2D eigenvalue weighted by Gasteiger charge is -2.13. The van der Waals surface area contributed by atoms with E-state index in [4.69, 9.17) is 21.6 Å². The standard InChI is InChI=1S/C15H11ClFNO2/c1-9(19)12-4-2-10(8-18)6-15(12)20-11-3-5-13(16)14(17)7-11/h2-7,9,19H,1H3. The number of rotatable bonds is 3. The Kier molecular flexibility index (Phi) is 4.23. The van der Waals surface area contributed by atoms with Crippen LogP contribution in [0.2, 0.25) is 5.02 Å². The zero-order chi connectivity index (χ0) is 14.7. The predicted molar refractivity (Wildman–Crippen MR) is 73.3 cm³/mol. The fourth-order valence-electron chi connectivity index (χ4n) is 1.70. The summed E-state index contributed by atoms with van der Waals surface area (Å²) >= 11 is 5.60. The molecule has 0 radical (unpaired) electrons. The summed E-state index contributed by atoms with van der Waals surface area (Å²) in [5, 5.41) is 18.6. The minimum Gasteiger partial charge on any atom is -0.457 e. The number of ether oxygens (including phenoxy) is 1. The molecule has 0 bridgehead atoms. The Morgan fingerprint density at radius 2 is 2.05 bits per heavy atom. The van der Waals surface area contributed by atoms with Crippen LogP contribution in [0.1, 0.15) is 24.2 Å². The Hall–Kier alpha value is -2.09. The van der Waals surface area contributed by atoms with Crippen LogP contribution in [0.15, 0.2) is 36.4 Å². The Bertz CT molecular complexity index is 680. The van der Waals surface area contributed by atoms with Gasteiger partial charge in [-0.3, -0.25) is 0 Å². The molecule has 2 aromatic carbocycles. The molecule has 0 heterocycles. The number of hydrogen-bond acceptors (Lipinski definition) is 3. The maximum atomic E-state index is 13.4. The van der Waals surface area contributed by atoms with E-state index in [-0.39, 0.29) is 10.8 Å². The van der Waals surface area contributed by atoms with Gasteiger partial charge in [-0.1, -0.05) is 17.7 Å². The van der Waals surface area contributed by atoms with E-state index >= 15 is 0 Å². The molecule has 0 amide bonds. The second-order valence-electron chi connectivity index (χ2n) is 4.22. The molecule has 1 unspecified atom stereocenters. The van der Waals surface area contributed by atoms with Gasteiger partial charge in [0.15, 0.2) is 0 Å². The van der Waals surface area contributed by atoms with Crippen LogP contribution < -0.4 is 4.74 Å². The molecule has 2 rings (SSSR count). The average molecular weight is 292 g/mol. The number of benzene rings is 2. The number of aliphatic hydroxyl groups excluding tert-OH is 1. The largest absolute Gasteiger partial charge is 0.457 e. The molecule has 1 N–H and O–H groups in total. The Balaban J connectivity index is 2.40. The van der Waals surface area contributed by atoms with Gasteiger partial charge < -0.3 is 9.84 Å². The zero-order valence-corrected chi connectivity index (χ0v) is 11.4. The van der Waals surface area contributed by atoms with Crippen molar-refractivity contribution in [1.82, 2.24) is 0 Å². The molecule has 0 saturated heterocycles. The highest BCUT2D eigenvalue weighted by molar-refractivity contribution is 6.30. The first kappa shape index (κ1) is 14.3. The fourth-order valence-corrected chi connectivity index (χ4v) is 1.82. The highest BCUT2D eigenvalue weighted by Gasteiger charge is 2.12. The summed E-state index contributed by atoms with van der Waals surface area (Å²) in [7, 11) is 0. The predicted octanol–water partition coefficient (Wildman–Crippen LogP) is 4.20. The van der Waals surface area contributed by atoms with Crippen molar-refractivity contribution in [1.29, 1.82) is 5.26 Å². The van der Waals surface area contributed by atoms with Crippen LogP contribution in [0.25, 0.3) is 0 Å². The lowest BCUT2D eigenvalue weighted by atomic mass is 10.1. The highest BCUT2D eigenvalue weighted by atomic mass is 35.5. The third-order valence-electron chi connectivity index (χ3n) is 2.71. The van der Waals surface area contributed by atoms with Crippen molar-refractivity contribution in [3.8, 4) is 17.6 Å². The first-order chi connectivity index (χ1) is 9.51. The van der Waals surface area contributed by atoms with Gasteiger partial charge in [0.1, 0.15) is 17.3 Å². The minimum absolute atomic E-state index is 0.00104. The first-order valence-electron chi connectivity index (χ1n) is 5.86. The molecule has 0 aliphatic heterocycles. The summed E-state index contributed by atoms with van der Waals surface area (Å²) in [6, 6.07) is 10.7. The summed E-state index contributed by atoms with van der Waals surface area (Å²) in [5.74, 6) is -0.0520. The summed E-state index contributed by atoms with van der Waals surface area (Å²) < 4.78 is 18.9. The molecule has 2 aromatic rings. The van der Waals surface area contributed by atoms with Crippen molar-refractivity contribution in [3.05, 3.63) is 58.4 Å². The monoisotopic (exact) mass is 291 g/mol. The van der Waals surface area contributed by atoms with Gasteiger partial charge in [-0.2, -0.15) is 5.26 Å². The van der Waals surface area contributed by atoms with Crippen LogP contribution in [0.5, 0.6) is 11.5 Å². The molecular formula is C15H11ClFNO2. The molecule has 5 heteroatoms. The summed E-state index contributed by atoms with van der Waals surface area (Å²) in [6.07, 6.45) is -0.769. The van der Waals surface area contributed by atoms with Crippen molar-refractivity contribution in [3.63, 3.8) is 0 Å². The fraction of sp³-hybridized carbons (Fsp3) is 0.133. The molecule has 0 fully saturated rings. The summed E-state index contributed by atoms with van der Waals surface area (Å²) in [5.41, 5.74) is 0.901.